The van der Waals surface area contributed by atoms with Gasteiger partial charge in [0, 0.05) is 12.8 Å². The third kappa shape index (κ3) is 2.37. The molecule has 22 heavy (non-hydrogen) atoms. The Morgan fingerprint density at radius 3 is 1.55 bits per heavy atom. The van der Waals surface area contributed by atoms with Gasteiger partial charge in [-0.05, 0) is 0 Å². The third-order valence-electron chi connectivity index (χ3n) is 2.85. The van der Waals surface area contributed by atoms with Crippen molar-refractivity contribution in [1.82, 2.24) is 0 Å². The summed E-state index contributed by atoms with van der Waals surface area (Å²) in [6.07, 6.45) is -12.6. The Morgan fingerprint density at radius 1 is 0.773 bits per heavy atom. The maximum Gasteiger partial charge on any atom is 0.460 e. The highest BCUT2D eigenvalue weighted by Crippen LogP contribution is 2.58. The van der Waals surface area contributed by atoms with E-state index < -0.39 is 54.8 Å². The summed E-state index contributed by atoms with van der Waals surface area (Å²) in [7, 11) is 0. The van der Waals surface area contributed by atoms with Crippen LogP contribution < -0.4 is 0 Å². The molecule has 0 bridgehead atoms. The van der Waals surface area contributed by atoms with Gasteiger partial charge in [-0.15, -0.1) is 0 Å². The van der Waals surface area contributed by atoms with E-state index in [-0.39, 0.29) is 0 Å². The van der Waals surface area contributed by atoms with Crippen LogP contribution in [0.2, 0.25) is 0 Å². The van der Waals surface area contributed by atoms with Crippen molar-refractivity contribution in [3.63, 3.8) is 0 Å². The molecule has 1 unspecified atom stereocenters. The number of cyclic esters (lactones) is 1. The highest BCUT2D eigenvalue weighted by Gasteiger charge is 2.88. The molecule has 1 aliphatic rings. The zero-order valence-electron chi connectivity index (χ0n) is 9.97. The Kier molecular flexibility index (Phi) is 4.13. The van der Waals surface area contributed by atoms with Gasteiger partial charge in [-0.25, -0.2) is 0 Å². The van der Waals surface area contributed by atoms with Crippen molar-refractivity contribution >= 4 is 5.97 Å². The van der Waals surface area contributed by atoms with Crippen molar-refractivity contribution in [2.45, 2.75) is 48.8 Å². The van der Waals surface area contributed by atoms with Crippen LogP contribution in [0.4, 0.5) is 48.3 Å². The second-order valence-electron chi connectivity index (χ2n) is 4.36. The largest absolute Gasteiger partial charge is 0.460 e. The predicted octanol–water partition coefficient (Wildman–Crippen LogP) is 3.80. The third-order valence-corrected chi connectivity index (χ3v) is 2.85. The second-order valence-corrected chi connectivity index (χ2v) is 4.36. The molecule has 130 valence electrons. The van der Waals surface area contributed by atoms with Gasteiger partial charge in [-0.1, -0.05) is 0 Å². The molecule has 0 spiro atoms. The Morgan fingerprint density at radius 2 is 1.23 bits per heavy atom. The van der Waals surface area contributed by atoms with Gasteiger partial charge in [-0.2, -0.15) is 48.3 Å². The van der Waals surface area contributed by atoms with Gasteiger partial charge in [0.25, 0.3) is 0 Å². The molecule has 1 rings (SSSR count). The van der Waals surface area contributed by atoms with Crippen molar-refractivity contribution in [1.29, 1.82) is 0 Å². The highest BCUT2D eigenvalue weighted by atomic mass is 19.4. The minimum Gasteiger partial charge on any atom is -0.456 e. The summed E-state index contributed by atoms with van der Waals surface area (Å²) in [5.74, 6) is -29.7. The van der Waals surface area contributed by atoms with Crippen molar-refractivity contribution in [3.8, 4) is 0 Å². The average molecular weight is 354 g/mol. The number of halogens is 11. The monoisotopic (exact) mass is 354 g/mol. The van der Waals surface area contributed by atoms with Crippen molar-refractivity contribution < 1.29 is 57.8 Å². The molecule has 0 aromatic rings. The summed E-state index contributed by atoms with van der Waals surface area (Å²) in [6.45, 7) is 0. The minimum atomic E-state index is -7.48. The number of esters is 1. The first-order valence-electron chi connectivity index (χ1n) is 5.27. The minimum absolute atomic E-state index is 0.905. The predicted molar refractivity (Wildman–Crippen MR) is 45.0 cm³/mol. The van der Waals surface area contributed by atoms with Crippen LogP contribution in [0.15, 0.2) is 0 Å². The van der Waals surface area contributed by atoms with E-state index in [0.717, 1.165) is 0 Å². The van der Waals surface area contributed by atoms with E-state index in [1.807, 2.05) is 0 Å². The number of carbonyl (C=O) groups is 1. The Bertz CT molecular complexity index is 453. The van der Waals surface area contributed by atoms with E-state index in [1.54, 1.807) is 0 Å². The first-order valence-corrected chi connectivity index (χ1v) is 5.27. The fourth-order valence-electron chi connectivity index (χ4n) is 1.57. The fraction of sp³-hybridized carbons (Fsp3) is 0.889. The molecule has 0 aliphatic carbocycles. The van der Waals surface area contributed by atoms with E-state index in [9.17, 15) is 53.1 Å². The van der Waals surface area contributed by atoms with Gasteiger partial charge in [0.2, 0.25) is 0 Å². The summed E-state index contributed by atoms with van der Waals surface area (Å²) in [4.78, 5) is 10.5. The van der Waals surface area contributed by atoms with E-state index >= 15 is 0 Å². The van der Waals surface area contributed by atoms with Crippen LogP contribution in [-0.4, -0.2) is 41.9 Å². The smallest absolute Gasteiger partial charge is 0.456 e. The van der Waals surface area contributed by atoms with Gasteiger partial charge in [0.05, 0.1) is 0 Å². The topological polar surface area (TPSA) is 26.3 Å². The van der Waals surface area contributed by atoms with Crippen LogP contribution >= 0.6 is 0 Å². The number of ether oxygens (including phenoxy) is 1. The molecule has 0 N–H and O–H groups in total. The molecule has 0 amide bonds. The van der Waals surface area contributed by atoms with Crippen LogP contribution in [0.25, 0.3) is 0 Å². The van der Waals surface area contributed by atoms with E-state index in [2.05, 4.69) is 4.74 Å². The lowest BCUT2D eigenvalue weighted by Gasteiger charge is -2.38. The van der Waals surface area contributed by atoms with Gasteiger partial charge in [0.1, 0.15) is 0 Å². The zero-order valence-corrected chi connectivity index (χ0v) is 9.97. The molecule has 2 nitrogen and oxygen atoms in total. The molecule has 0 saturated carbocycles. The zero-order chi connectivity index (χ0) is 17.8. The number of rotatable bonds is 4. The number of hydrogen-bond acceptors (Lipinski definition) is 2. The molecular formula is C9H5F11O2. The average Bonchev–Trinajstić information content (AvgIpc) is 2.74. The summed E-state index contributed by atoms with van der Waals surface area (Å²) in [5, 5.41) is 0. The Hall–Kier alpha value is -1.30. The first-order chi connectivity index (χ1) is 9.50. The Balaban J connectivity index is 3.28. The quantitative estimate of drug-likeness (QED) is 0.567. The van der Waals surface area contributed by atoms with E-state index in [0.29, 0.717) is 0 Å². The van der Waals surface area contributed by atoms with Gasteiger partial charge < -0.3 is 4.74 Å². The second kappa shape index (κ2) is 4.85. The first kappa shape index (κ1) is 18.7. The van der Waals surface area contributed by atoms with Gasteiger partial charge >= 0.3 is 35.8 Å². The maximum absolute atomic E-state index is 13.3. The fourth-order valence-corrected chi connectivity index (χ4v) is 1.57. The van der Waals surface area contributed by atoms with Crippen molar-refractivity contribution in [2.24, 2.45) is 0 Å². The van der Waals surface area contributed by atoms with Crippen LogP contribution in [0.1, 0.15) is 12.8 Å². The standard InChI is InChI=1S/C9H5F11O2/c10-5(11,3-1-2-4(21)22-3)6(12,13)7(14,15)8(16,17)9(18,19)20/h3H,1-2H2. The summed E-state index contributed by atoms with van der Waals surface area (Å²) >= 11 is 0. The molecule has 1 aliphatic heterocycles. The molecule has 0 aromatic carbocycles. The number of hydrogen-bond donors (Lipinski definition) is 0. The summed E-state index contributed by atoms with van der Waals surface area (Å²) in [5.41, 5.74) is 0. The van der Waals surface area contributed by atoms with Gasteiger partial charge in [-0.3, -0.25) is 4.79 Å². The van der Waals surface area contributed by atoms with Crippen LogP contribution in [0.3, 0.4) is 0 Å². The summed E-state index contributed by atoms with van der Waals surface area (Å²) < 4.78 is 143. The highest BCUT2D eigenvalue weighted by molar-refractivity contribution is 5.71. The van der Waals surface area contributed by atoms with Crippen molar-refractivity contribution in [3.05, 3.63) is 0 Å². The lowest BCUT2D eigenvalue weighted by Crippen LogP contribution is -2.68. The summed E-state index contributed by atoms with van der Waals surface area (Å²) in [6, 6.07) is 0. The maximum atomic E-state index is 13.3. The molecule has 1 saturated heterocycles. The molecule has 1 atom stereocenters. The van der Waals surface area contributed by atoms with E-state index in [4.69, 9.17) is 0 Å². The molecule has 13 heteroatoms. The molecular weight excluding hydrogens is 349 g/mol. The molecule has 1 fully saturated rings. The van der Waals surface area contributed by atoms with Crippen molar-refractivity contribution in [2.75, 3.05) is 0 Å². The van der Waals surface area contributed by atoms with Gasteiger partial charge in [0.15, 0.2) is 6.10 Å². The van der Waals surface area contributed by atoms with E-state index in [1.165, 1.54) is 0 Å². The normalized spacial score (nSPS) is 22.0. The Labute approximate surface area is 114 Å². The molecule has 1 heterocycles. The number of carbonyl (C=O) groups excluding carboxylic acids is 1. The van der Waals surface area contributed by atoms with Crippen LogP contribution in [0.5, 0.6) is 0 Å². The van der Waals surface area contributed by atoms with Crippen LogP contribution in [0, 0.1) is 0 Å². The SMILES string of the molecule is O=C1CCC(C(F)(F)C(F)(F)C(F)(F)C(F)(F)C(F)(F)F)O1. The molecule has 0 aromatic heterocycles. The lowest BCUT2D eigenvalue weighted by molar-refractivity contribution is -0.427. The lowest BCUT2D eigenvalue weighted by atomic mass is 9.93. The van der Waals surface area contributed by atoms with Crippen LogP contribution in [-0.2, 0) is 9.53 Å². The molecule has 0 radical (unpaired) electrons. The number of alkyl halides is 11.